The highest BCUT2D eigenvalue weighted by Gasteiger charge is 2.11. The molecule has 0 atom stereocenters. The molecule has 0 spiro atoms. The normalized spacial score (nSPS) is 10.2. The Bertz CT molecular complexity index is 599. The van der Waals surface area contributed by atoms with E-state index in [1.165, 1.54) is 12.1 Å². The van der Waals surface area contributed by atoms with Crippen LogP contribution in [0.4, 0.5) is 10.1 Å². The predicted octanol–water partition coefficient (Wildman–Crippen LogP) is 2.99. The van der Waals surface area contributed by atoms with Crippen molar-refractivity contribution >= 4 is 23.2 Å². The number of benzene rings is 2. The Balaban J connectivity index is 2.05. The molecular weight excluding hydrogens is 267 g/mol. The van der Waals surface area contributed by atoms with Crippen LogP contribution < -0.4 is 11.1 Å². The van der Waals surface area contributed by atoms with Gasteiger partial charge in [-0.2, -0.15) is 0 Å². The van der Waals surface area contributed by atoms with E-state index >= 15 is 0 Å². The van der Waals surface area contributed by atoms with Gasteiger partial charge in [-0.1, -0.05) is 29.8 Å². The van der Waals surface area contributed by atoms with E-state index in [9.17, 15) is 9.18 Å². The first kappa shape index (κ1) is 13.4. The van der Waals surface area contributed by atoms with Crippen LogP contribution >= 0.6 is 11.6 Å². The lowest BCUT2D eigenvalue weighted by Crippen LogP contribution is -2.23. The van der Waals surface area contributed by atoms with Crippen LogP contribution in [0.5, 0.6) is 0 Å². The number of anilines is 1. The highest BCUT2D eigenvalue weighted by Crippen LogP contribution is 2.22. The van der Waals surface area contributed by atoms with Crippen LogP contribution in [0.2, 0.25) is 5.02 Å². The summed E-state index contributed by atoms with van der Waals surface area (Å²) in [7, 11) is 0. The summed E-state index contributed by atoms with van der Waals surface area (Å²) in [6, 6.07) is 10.8. The van der Waals surface area contributed by atoms with E-state index in [4.69, 9.17) is 17.3 Å². The van der Waals surface area contributed by atoms with Gasteiger partial charge in [0.1, 0.15) is 5.82 Å². The molecule has 0 aliphatic rings. The minimum Gasteiger partial charge on any atom is -0.397 e. The van der Waals surface area contributed by atoms with Crippen LogP contribution in [0.3, 0.4) is 0 Å². The maximum Gasteiger partial charge on any atom is 0.253 e. The van der Waals surface area contributed by atoms with E-state index in [0.717, 1.165) is 5.56 Å². The Morgan fingerprint density at radius 1 is 1.21 bits per heavy atom. The van der Waals surface area contributed by atoms with Crippen LogP contribution in [0.1, 0.15) is 15.9 Å². The highest BCUT2D eigenvalue weighted by atomic mass is 35.5. The van der Waals surface area contributed by atoms with E-state index in [1.54, 1.807) is 30.3 Å². The van der Waals surface area contributed by atoms with E-state index in [-0.39, 0.29) is 17.4 Å². The number of amides is 1. The van der Waals surface area contributed by atoms with Gasteiger partial charge in [0, 0.05) is 6.54 Å². The largest absolute Gasteiger partial charge is 0.397 e. The molecule has 0 bridgehead atoms. The zero-order valence-corrected chi connectivity index (χ0v) is 10.7. The molecule has 98 valence electrons. The molecule has 0 aliphatic heterocycles. The number of para-hydroxylation sites is 1. The van der Waals surface area contributed by atoms with E-state index < -0.39 is 0 Å². The third-order valence-electron chi connectivity index (χ3n) is 2.66. The minimum absolute atomic E-state index is 0.251. The average Bonchev–Trinajstić information content (AvgIpc) is 2.41. The van der Waals surface area contributed by atoms with Gasteiger partial charge in [-0.05, 0) is 29.8 Å². The summed E-state index contributed by atoms with van der Waals surface area (Å²) in [5.74, 6) is -0.626. The first-order valence-electron chi connectivity index (χ1n) is 5.64. The van der Waals surface area contributed by atoms with Crippen molar-refractivity contribution in [2.75, 3.05) is 5.73 Å². The molecule has 19 heavy (non-hydrogen) atoms. The predicted molar refractivity (Wildman–Crippen MR) is 73.4 cm³/mol. The number of rotatable bonds is 3. The molecule has 3 nitrogen and oxygen atoms in total. The molecule has 1 amide bonds. The van der Waals surface area contributed by atoms with Crippen LogP contribution in [-0.2, 0) is 6.54 Å². The van der Waals surface area contributed by atoms with Gasteiger partial charge in [0.15, 0.2) is 0 Å². The summed E-state index contributed by atoms with van der Waals surface area (Å²) in [6.45, 7) is 0.297. The summed E-state index contributed by atoms with van der Waals surface area (Å²) in [6.07, 6.45) is 0. The first-order chi connectivity index (χ1) is 9.08. The van der Waals surface area contributed by atoms with Crippen molar-refractivity contribution < 1.29 is 9.18 Å². The standard InChI is InChI=1S/C14H12ClFN2O/c15-12-3-1-2-11(13(12)17)14(19)18-8-9-4-6-10(16)7-5-9/h1-7H,8,17H2,(H,18,19). The van der Waals surface area contributed by atoms with E-state index in [2.05, 4.69) is 5.32 Å². The number of carbonyl (C=O) groups is 1. The molecule has 0 unspecified atom stereocenters. The second kappa shape index (κ2) is 5.71. The van der Waals surface area contributed by atoms with E-state index in [1.807, 2.05) is 0 Å². The van der Waals surface area contributed by atoms with Crippen molar-refractivity contribution in [2.24, 2.45) is 0 Å². The molecule has 0 saturated heterocycles. The second-order valence-electron chi connectivity index (χ2n) is 4.01. The summed E-state index contributed by atoms with van der Waals surface area (Å²) >= 11 is 5.85. The van der Waals surface area contributed by atoms with Crippen molar-refractivity contribution in [1.82, 2.24) is 5.32 Å². The fraction of sp³-hybridized carbons (Fsp3) is 0.0714. The Labute approximate surface area is 115 Å². The zero-order valence-electron chi connectivity index (χ0n) is 9.99. The van der Waals surface area contributed by atoms with E-state index in [0.29, 0.717) is 17.1 Å². The molecule has 2 rings (SSSR count). The number of halogens is 2. The molecular formula is C14H12ClFN2O. The van der Waals surface area contributed by atoms with Crippen molar-refractivity contribution in [3.63, 3.8) is 0 Å². The van der Waals surface area contributed by atoms with Crippen molar-refractivity contribution in [3.05, 3.63) is 64.4 Å². The monoisotopic (exact) mass is 278 g/mol. The smallest absolute Gasteiger partial charge is 0.253 e. The number of nitrogen functional groups attached to an aromatic ring is 1. The van der Waals surface area contributed by atoms with Crippen molar-refractivity contribution in [3.8, 4) is 0 Å². The number of carbonyl (C=O) groups excluding carboxylic acids is 1. The van der Waals surface area contributed by atoms with Gasteiger partial charge >= 0.3 is 0 Å². The van der Waals surface area contributed by atoms with Gasteiger partial charge in [0.2, 0.25) is 0 Å². The Morgan fingerprint density at radius 2 is 1.89 bits per heavy atom. The third-order valence-corrected chi connectivity index (χ3v) is 2.99. The molecule has 0 saturated carbocycles. The Morgan fingerprint density at radius 3 is 2.58 bits per heavy atom. The van der Waals surface area contributed by atoms with Gasteiger partial charge < -0.3 is 11.1 Å². The molecule has 0 heterocycles. The summed E-state index contributed by atoms with van der Waals surface area (Å²) in [4.78, 5) is 11.9. The molecule has 0 fully saturated rings. The van der Waals surface area contributed by atoms with Gasteiger partial charge in [0.25, 0.3) is 5.91 Å². The summed E-state index contributed by atoms with van der Waals surface area (Å²) in [5, 5.41) is 3.04. The summed E-state index contributed by atoms with van der Waals surface area (Å²) in [5.41, 5.74) is 7.11. The lowest BCUT2D eigenvalue weighted by atomic mass is 10.1. The number of hydrogen-bond donors (Lipinski definition) is 2. The molecule has 2 aromatic rings. The van der Waals surface area contributed by atoms with Crippen LogP contribution in [0.15, 0.2) is 42.5 Å². The number of nitrogens with one attached hydrogen (secondary N) is 1. The van der Waals surface area contributed by atoms with Gasteiger partial charge in [0.05, 0.1) is 16.3 Å². The highest BCUT2D eigenvalue weighted by molar-refractivity contribution is 6.33. The van der Waals surface area contributed by atoms with Gasteiger partial charge in [-0.3, -0.25) is 4.79 Å². The van der Waals surface area contributed by atoms with Gasteiger partial charge in [-0.25, -0.2) is 4.39 Å². The summed E-state index contributed by atoms with van der Waals surface area (Å²) < 4.78 is 12.7. The maximum atomic E-state index is 12.7. The Kier molecular flexibility index (Phi) is 4.02. The Hall–Kier alpha value is -2.07. The molecule has 2 aromatic carbocycles. The fourth-order valence-corrected chi connectivity index (χ4v) is 1.79. The third kappa shape index (κ3) is 3.23. The SMILES string of the molecule is Nc1c(Cl)cccc1C(=O)NCc1ccc(F)cc1. The second-order valence-corrected chi connectivity index (χ2v) is 4.42. The van der Waals surface area contributed by atoms with Crippen LogP contribution in [0, 0.1) is 5.82 Å². The average molecular weight is 279 g/mol. The number of hydrogen-bond acceptors (Lipinski definition) is 2. The van der Waals surface area contributed by atoms with Crippen molar-refractivity contribution in [1.29, 1.82) is 0 Å². The van der Waals surface area contributed by atoms with Crippen molar-refractivity contribution in [2.45, 2.75) is 6.54 Å². The molecule has 5 heteroatoms. The maximum absolute atomic E-state index is 12.7. The van der Waals surface area contributed by atoms with Crippen LogP contribution in [0.25, 0.3) is 0 Å². The molecule has 3 N–H and O–H groups in total. The fourth-order valence-electron chi connectivity index (χ4n) is 1.61. The van der Waals surface area contributed by atoms with Gasteiger partial charge in [-0.15, -0.1) is 0 Å². The van der Waals surface area contributed by atoms with Crippen LogP contribution in [-0.4, -0.2) is 5.91 Å². The lowest BCUT2D eigenvalue weighted by molar-refractivity contribution is 0.0952. The molecule has 0 radical (unpaired) electrons. The zero-order chi connectivity index (χ0) is 13.8. The lowest BCUT2D eigenvalue weighted by Gasteiger charge is -2.08. The quantitative estimate of drug-likeness (QED) is 0.848. The molecule has 0 aromatic heterocycles. The topological polar surface area (TPSA) is 55.1 Å². The minimum atomic E-state index is -0.315. The first-order valence-corrected chi connectivity index (χ1v) is 6.02. The number of nitrogens with two attached hydrogens (primary N) is 1. The molecule has 0 aliphatic carbocycles.